The van der Waals surface area contributed by atoms with E-state index in [4.69, 9.17) is 9.84 Å². The molecule has 2 aromatic carbocycles. The van der Waals surface area contributed by atoms with Gasteiger partial charge in [0.2, 0.25) is 0 Å². The van der Waals surface area contributed by atoms with Gasteiger partial charge in [-0.15, -0.1) is 0 Å². The third-order valence-corrected chi connectivity index (χ3v) is 3.77. The lowest BCUT2D eigenvalue weighted by molar-refractivity contribution is 0.0697. The predicted octanol–water partition coefficient (Wildman–Crippen LogP) is 4.08. The summed E-state index contributed by atoms with van der Waals surface area (Å²) >= 11 is 0. The summed E-state index contributed by atoms with van der Waals surface area (Å²) in [4.78, 5) is 11.1. The van der Waals surface area contributed by atoms with E-state index in [1.54, 1.807) is 36.4 Å². The first-order chi connectivity index (χ1) is 11.1. The van der Waals surface area contributed by atoms with Gasteiger partial charge in [-0.3, -0.25) is 0 Å². The van der Waals surface area contributed by atoms with E-state index in [0.29, 0.717) is 6.54 Å². The molecule has 0 unspecified atom stereocenters. The highest BCUT2D eigenvalue weighted by Crippen LogP contribution is 2.25. The number of nitrogens with zero attached hydrogens (tertiary/aromatic N) is 1. The molecule has 0 aliphatic carbocycles. The lowest BCUT2D eigenvalue weighted by atomic mass is 10.1. The van der Waals surface area contributed by atoms with Crippen LogP contribution < -0.4 is 4.74 Å². The Hall–Kier alpha value is -2.82. The minimum atomic E-state index is -0.958. The summed E-state index contributed by atoms with van der Waals surface area (Å²) in [7, 11) is 0. The minimum absolute atomic E-state index is 0.201. The van der Waals surface area contributed by atoms with Crippen molar-refractivity contribution in [3.05, 3.63) is 65.6 Å². The zero-order valence-corrected chi connectivity index (χ0v) is 12.6. The molecular weight excluding hydrogens is 297 g/mol. The molecule has 0 fully saturated rings. The first-order valence-corrected chi connectivity index (χ1v) is 7.32. The molecule has 3 aromatic rings. The Bertz CT molecular complexity index is 870. The Morgan fingerprint density at radius 2 is 2.04 bits per heavy atom. The fraction of sp³-hybridized carbons (Fsp3) is 0.167. The molecule has 3 rings (SSSR count). The maximum absolute atomic E-state index is 13.6. The molecule has 0 saturated carbocycles. The molecular formula is C18H16FNO3. The van der Waals surface area contributed by atoms with Gasteiger partial charge in [-0.05, 0) is 31.2 Å². The number of aromatic carboxylic acids is 1. The number of hydrogen-bond donors (Lipinski definition) is 1. The molecule has 5 heteroatoms. The molecule has 0 amide bonds. The average molecular weight is 313 g/mol. The van der Waals surface area contributed by atoms with Crippen LogP contribution in [0.25, 0.3) is 10.9 Å². The first kappa shape index (κ1) is 15.1. The maximum atomic E-state index is 13.6. The molecule has 0 atom stereocenters. The molecule has 0 spiro atoms. The van der Waals surface area contributed by atoms with Gasteiger partial charge < -0.3 is 14.4 Å². The van der Waals surface area contributed by atoms with Crippen molar-refractivity contribution in [2.24, 2.45) is 0 Å². The smallest absolute Gasteiger partial charge is 0.335 e. The quantitative estimate of drug-likeness (QED) is 0.772. The third kappa shape index (κ3) is 2.90. The Kier molecular flexibility index (Phi) is 4.02. The van der Waals surface area contributed by atoms with Crippen molar-refractivity contribution in [2.45, 2.75) is 20.1 Å². The van der Waals surface area contributed by atoms with Crippen molar-refractivity contribution >= 4 is 16.9 Å². The summed E-state index contributed by atoms with van der Waals surface area (Å²) in [5.41, 5.74) is 1.97. The highest BCUT2D eigenvalue weighted by atomic mass is 19.1. The van der Waals surface area contributed by atoms with E-state index in [-0.39, 0.29) is 17.9 Å². The normalized spacial score (nSPS) is 10.9. The molecule has 1 heterocycles. The van der Waals surface area contributed by atoms with Crippen LogP contribution in [-0.2, 0) is 13.2 Å². The van der Waals surface area contributed by atoms with E-state index >= 15 is 0 Å². The lowest BCUT2D eigenvalue weighted by Gasteiger charge is -2.06. The Morgan fingerprint density at radius 1 is 1.26 bits per heavy atom. The van der Waals surface area contributed by atoms with E-state index in [1.165, 1.54) is 6.07 Å². The van der Waals surface area contributed by atoms with Crippen LogP contribution in [0.4, 0.5) is 4.39 Å². The van der Waals surface area contributed by atoms with Gasteiger partial charge in [0.1, 0.15) is 6.61 Å². The van der Waals surface area contributed by atoms with Crippen molar-refractivity contribution in [1.82, 2.24) is 4.57 Å². The van der Waals surface area contributed by atoms with Crippen LogP contribution in [0, 0.1) is 5.82 Å². The van der Waals surface area contributed by atoms with E-state index in [9.17, 15) is 9.18 Å². The number of aryl methyl sites for hydroxylation is 1. The van der Waals surface area contributed by atoms with Crippen LogP contribution in [0.1, 0.15) is 22.8 Å². The number of para-hydroxylation sites is 1. The second-order valence-electron chi connectivity index (χ2n) is 5.20. The Balaban J connectivity index is 1.95. The molecule has 1 N–H and O–H groups in total. The number of fused-ring (bicyclic) bond motifs is 1. The summed E-state index contributed by atoms with van der Waals surface area (Å²) in [5.74, 6) is -1.16. The monoisotopic (exact) mass is 313 g/mol. The number of carboxylic acids is 1. The predicted molar refractivity (Wildman–Crippen MR) is 85.3 cm³/mol. The Morgan fingerprint density at radius 3 is 2.74 bits per heavy atom. The summed E-state index contributed by atoms with van der Waals surface area (Å²) < 4.78 is 21.1. The average Bonchev–Trinajstić information content (AvgIpc) is 2.91. The number of aromatic nitrogens is 1. The number of rotatable bonds is 5. The van der Waals surface area contributed by atoms with E-state index < -0.39 is 11.8 Å². The van der Waals surface area contributed by atoms with Crippen molar-refractivity contribution < 1.29 is 19.0 Å². The number of halogens is 1. The summed E-state index contributed by atoms with van der Waals surface area (Å²) in [5, 5.41) is 10.0. The molecule has 0 aliphatic heterocycles. The fourth-order valence-corrected chi connectivity index (χ4v) is 2.59. The van der Waals surface area contributed by atoms with Crippen molar-refractivity contribution in [3.8, 4) is 5.75 Å². The van der Waals surface area contributed by atoms with Gasteiger partial charge in [0.25, 0.3) is 0 Å². The van der Waals surface area contributed by atoms with Gasteiger partial charge in [-0.1, -0.05) is 18.2 Å². The number of carbonyl (C=O) groups is 1. The number of hydrogen-bond acceptors (Lipinski definition) is 2. The molecule has 1 aromatic heterocycles. The van der Waals surface area contributed by atoms with Gasteiger partial charge in [0.05, 0.1) is 5.56 Å². The van der Waals surface area contributed by atoms with Gasteiger partial charge >= 0.3 is 5.97 Å². The topological polar surface area (TPSA) is 51.5 Å². The molecule has 23 heavy (non-hydrogen) atoms. The summed E-state index contributed by atoms with van der Waals surface area (Å²) in [6.07, 6.45) is 1.91. The van der Waals surface area contributed by atoms with Crippen molar-refractivity contribution in [2.75, 3.05) is 0 Å². The molecule has 0 saturated heterocycles. The largest absolute Gasteiger partial charge is 0.486 e. The number of carboxylic acid groups (broad SMARTS) is 1. The maximum Gasteiger partial charge on any atom is 0.335 e. The summed E-state index contributed by atoms with van der Waals surface area (Å²) in [6.45, 7) is 2.91. The van der Waals surface area contributed by atoms with E-state index in [2.05, 4.69) is 0 Å². The SMILES string of the molecule is CCn1cc(COc2ccccc2F)c2ccc(C(=O)O)cc21. The fourth-order valence-electron chi connectivity index (χ4n) is 2.59. The zero-order chi connectivity index (χ0) is 16.4. The van der Waals surface area contributed by atoms with E-state index in [0.717, 1.165) is 16.5 Å². The molecule has 4 nitrogen and oxygen atoms in total. The lowest BCUT2D eigenvalue weighted by Crippen LogP contribution is -1.97. The highest BCUT2D eigenvalue weighted by molar-refractivity contribution is 5.94. The number of ether oxygens (including phenoxy) is 1. The van der Waals surface area contributed by atoms with E-state index in [1.807, 2.05) is 17.7 Å². The zero-order valence-electron chi connectivity index (χ0n) is 12.6. The molecule has 0 aliphatic rings. The summed E-state index contributed by atoms with van der Waals surface area (Å²) in [6, 6.07) is 11.2. The van der Waals surface area contributed by atoms with Gasteiger partial charge in [-0.2, -0.15) is 0 Å². The van der Waals surface area contributed by atoms with Crippen LogP contribution in [-0.4, -0.2) is 15.6 Å². The second-order valence-corrected chi connectivity index (χ2v) is 5.20. The second kappa shape index (κ2) is 6.12. The van der Waals surface area contributed by atoms with Crippen LogP contribution in [0.15, 0.2) is 48.7 Å². The van der Waals surface area contributed by atoms with Crippen molar-refractivity contribution in [3.63, 3.8) is 0 Å². The molecule has 0 bridgehead atoms. The van der Waals surface area contributed by atoms with Crippen molar-refractivity contribution in [1.29, 1.82) is 0 Å². The molecule has 118 valence electrons. The van der Waals surface area contributed by atoms with Crippen LogP contribution in [0.3, 0.4) is 0 Å². The third-order valence-electron chi connectivity index (χ3n) is 3.77. The van der Waals surface area contributed by atoms with Crippen LogP contribution in [0.2, 0.25) is 0 Å². The van der Waals surface area contributed by atoms with Gasteiger partial charge in [0, 0.05) is 29.2 Å². The van der Waals surface area contributed by atoms with Crippen LogP contribution >= 0.6 is 0 Å². The van der Waals surface area contributed by atoms with Crippen LogP contribution in [0.5, 0.6) is 5.75 Å². The minimum Gasteiger partial charge on any atom is -0.486 e. The highest BCUT2D eigenvalue weighted by Gasteiger charge is 2.12. The molecule has 0 radical (unpaired) electrons. The standard InChI is InChI=1S/C18H16FNO3/c1-2-20-10-13(11-23-17-6-4-3-5-15(17)19)14-8-7-12(18(21)22)9-16(14)20/h3-10H,2,11H2,1H3,(H,21,22). The first-order valence-electron chi connectivity index (χ1n) is 7.32. The van der Waals surface area contributed by atoms with Gasteiger partial charge in [-0.25, -0.2) is 9.18 Å². The van der Waals surface area contributed by atoms with Gasteiger partial charge in [0.15, 0.2) is 11.6 Å². The number of benzene rings is 2. The Labute approximate surface area is 132 Å².